The van der Waals surface area contributed by atoms with E-state index in [4.69, 9.17) is 0 Å². The maximum absolute atomic E-state index is 11.5. The van der Waals surface area contributed by atoms with Crippen molar-refractivity contribution in [1.29, 1.82) is 0 Å². The Morgan fingerprint density at radius 2 is 2.25 bits per heavy atom. The number of fused-ring (bicyclic) bond motifs is 1. The number of rotatable bonds is 0. The highest BCUT2D eigenvalue weighted by atomic mass is 79.9. The molecule has 1 aliphatic rings. The predicted molar refractivity (Wildman–Crippen MR) is 52.9 cm³/mol. The van der Waals surface area contributed by atoms with Crippen molar-refractivity contribution in [3.63, 3.8) is 0 Å². The third-order valence-corrected chi connectivity index (χ3v) is 2.85. The molecule has 1 aromatic heterocycles. The molecule has 0 saturated heterocycles. The van der Waals surface area contributed by atoms with Crippen LogP contribution in [0.1, 0.15) is 10.5 Å². The normalized spacial score (nSPS) is 16.5. The number of nitrogens with zero attached hydrogens (tertiary/aromatic N) is 2. The van der Waals surface area contributed by atoms with E-state index in [1.807, 2.05) is 16.8 Å². The molecule has 0 aliphatic carbocycles. The van der Waals surface area contributed by atoms with E-state index >= 15 is 0 Å². The molecule has 12 heavy (non-hydrogen) atoms. The molecular weight excluding hydrogens is 239 g/mol. The summed E-state index contributed by atoms with van der Waals surface area (Å²) in [5.74, 6) is 0.0666. The topological polar surface area (TPSA) is 25.2 Å². The van der Waals surface area contributed by atoms with Gasteiger partial charge in [0.1, 0.15) is 5.69 Å². The second kappa shape index (κ2) is 2.86. The van der Waals surface area contributed by atoms with Gasteiger partial charge in [0.15, 0.2) is 0 Å². The lowest BCUT2D eigenvalue weighted by Gasteiger charge is -2.23. The minimum absolute atomic E-state index is 0.0666. The highest BCUT2D eigenvalue weighted by molar-refractivity contribution is 9.10. The molecule has 0 fully saturated rings. The first kappa shape index (κ1) is 8.27. The number of amides is 1. The minimum atomic E-state index is 0.0666. The SMILES string of the molecule is O=C1c2cc(Br)cn2CCN1P. The molecule has 0 N–H and O–H groups in total. The summed E-state index contributed by atoms with van der Waals surface area (Å²) >= 11 is 3.34. The molecule has 1 aliphatic heterocycles. The summed E-state index contributed by atoms with van der Waals surface area (Å²) in [5.41, 5.74) is 0.753. The van der Waals surface area contributed by atoms with Gasteiger partial charge in [-0.25, -0.2) is 0 Å². The Morgan fingerprint density at radius 3 is 3.00 bits per heavy atom. The molecule has 1 aromatic rings. The molecular formula is C7H8BrN2OP. The van der Waals surface area contributed by atoms with Gasteiger partial charge < -0.3 is 9.24 Å². The summed E-state index contributed by atoms with van der Waals surface area (Å²) in [5, 5.41) is 0. The third-order valence-electron chi connectivity index (χ3n) is 1.92. The summed E-state index contributed by atoms with van der Waals surface area (Å²) in [4.78, 5) is 11.5. The molecule has 1 unspecified atom stereocenters. The fourth-order valence-corrected chi connectivity index (χ4v) is 2.01. The van der Waals surface area contributed by atoms with Gasteiger partial charge in [0.25, 0.3) is 5.91 Å². The Balaban J connectivity index is 2.48. The van der Waals surface area contributed by atoms with Gasteiger partial charge in [-0.2, -0.15) is 0 Å². The number of carbonyl (C=O) groups excluding carboxylic acids is 1. The van der Waals surface area contributed by atoms with Crippen LogP contribution >= 0.6 is 25.3 Å². The zero-order valence-corrected chi connectivity index (χ0v) is 9.07. The Hall–Kier alpha value is -0.340. The lowest BCUT2D eigenvalue weighted by Crippen LogP contribution is -2.32. The first-order valence-electron chi connectivity index (χ1n) is 3.61. The largest absolute Gasteiger partial charge is 0.341 e. The van der Waals surface area contributed by atoms with E-state index in [-0.39, 0.29) is 5.91 Å². The maximum atomic E-state index is 11.5. The van der Waals surface area contributed by atoms with Crippen LogP contribution in [-0.2, 0) is 6.54 Å². The van der Waals surface area contributed by atoms with Gasteiger partial charge in [-0.1, -0.05) is 0 Å². The summed E-state index contributed by atoms with van der Waals surface area (Å²) in [7, 11) is 2.43. The van der Waals surface area contributed by atoms with Crippen molar-refractivity contribution in [3.8, 4) is 0 Å². The smallest absolute Gasteiger partial charge is 0.273 e. The third kappa shape index (κ3) is 1.19. The summed E-state index contributed by atoms with van der Waals surface area (Å²) < 4.78 is 4.58. The standard InChI is InChI=1S/C7H8BrN2OP/c8-5-3-6-7(11)10(12)2-1-9(6)4-5/h3-4H,1-2,12H2. The second-order valence-electron chi connectivity index (χ2n) is 2.74. The number of aromatic nitrogens is 1. The molecule has 1 atom stereocenters. The van der Waals surface area contributed by atoms with E-state index in [0.717, 1.165) is 23.3 Å². The Labute approximate surface area is 81.1 Å². The van der Waals surface area contributed by atoms with Crippen LogP contribution in [0.3, 0.4) is 0 Å². The summed E-state index contributed by atoms with van der Waals surface area (Å²) in [6.07, 6.45) is 1.94. The van der Waals surface area contributed by atoms with Crippen molar-refractivity contribution in [3.05, 3.63) is 22.4 Å². The maximum Gasteiger partial charge on any atom is 0.273 e. The lowest BCUT2D eigenvalue weighted by molar-refractivity contribution is 0.0834. The number of carbonyl (C=O) groups is 1. The van der Waals surface area contributed by atoms with Crippen molar-refractivity contribution in [2.75, 3.05) is 6.54 Å². The van der Waals surface area contributed by atoms with Crippen LogP contribution in [0.4, 0.5) is 0 Å². The number of halogens is 1. The number of hydrogen-bond donors (Lipinski definition) is 0. The molecule has 0 spiro atoms. The van der Waals surface area contributed by atoms with E-state index < -0.39 is 0 Å². The number of hydrogen-bond acceptors (Lipinski definition) is 1. The van der Waals surface area contributed by atoms with Gasteiger partial charge in [0, 0.05) is 23.8 Å². The fourth-order valence-electron chi connectivity index (χ4n) is 1.30. The highest BCUT2D eigenvalue weighted by Gasteiger charge is 2.21. The van der Waals surface area contributed by atoms with Gasteiger partial charge in [-0.15, -0.1) is 0 Å². The van der Waals surface area contributed by atoms with E-state index in [2.05, 4.69) is 25.3 Å². The van der Waals surface area contributed by atoms with Crippen LogP contribution in [0, 0.1) is 0 Å². The van der Waals surface area contributed by atoms with Crippen LogP contribution in [0.15, 0.2) is 16.7 Å². The molecule has 3 nitrogen and oxygen atoms in total. The van der Waals surface area contributed by atoms with Crippen LogP contribution in [0.5, 0.6) is 0 Å². The van der Waals surface area contributed by atoms with Gasteiger partial charge in [-0.05, 0) is 31.4 Å². The molecule has 5 heteroatoms. The van der Waals surface area contributed by atoms with Gasteiger partial charge in [0.2, 0.25) is 0 Å². The highest BCUT2D eigenvalue weighted by Crippen LogP contribution is 2.21. The zero-order valence-electron chi connectivity index (χ0n) is 6.33. The lowest BCUT2D eigenvalue weighted by atomic mass is 10.3. The van der Waals surface area contributed by atoms with Gasteiger partial charge >= 0.3 is 0 Å². The van der Waals surface area contributed by atoms with Crippen LogP contribution < -0.4 is 0 Å². The van der Waals surface area contributed by atoms with E-state index in [1.165, 1.54) is 0 Å². The van der Waals surface area contributed by atoms with Crippen molar-refractivity contribution < 1.29 is 4.79 Å². The summed E-state index contributed by atoms with van der Waals surface area (Å²) in [6, 6.07) is 1.85. The summed E-state index contributed by atoms with van der Waals surface area (Å²) in [6.45, 7) is 1.63. The molecule has 64 valence electrons. The molecule has 0 bridgehead atoms. The van der Waals surface area contributed by atoms with Crippen molar-refractivity contribution in [1.82, 2.24) is 9.24 Å². The molecule has 0 radical (unpaired) electrons. The first-order chi connectivity index (χ1) is 5.68. The second-order valence-corrected chi connectivity index (χ2v) is 4.27. The zero-order chi connectivity index (χ0) is 8.72. The van der Waals surface area contributed by atoms with E-state index in [9.17, 15) is 4.79 Å². The average molecular weight is 247 g/mol. The average Bonchev–Trinajstić information content (AvgIpc) is 2.39. The van der Waals surface area contributed by atoms with Gasteiger partial charge in [0.05, 0.1) is 0 Å². The van der Waals surface area contributed by atoms with E-state index in [0.29, 0.717) is 0 Å². The molecule has 0 aromatic carbocycles. The van der Waals surface area contributed by atoms with Crippen molar-refractivity contribution >= 4 is 31.2 Å². The van der Waals surface area contributed by atoms with Crippen LogP contribution in [0.25, 0.3) is 0 Å². The Morgan fingerprint density at radius 1 is 1.50 bits per heavy atom. The monoisotopic (exact) mass is 246 g/mol. The Bertz CT molecular complexity index is 336. The molecule has 0 saturated carbocycles. The first-order valence-corrected chi connectivity index (χ1v) is 4.91. The molecule has 2 rings (SSSR count). The van der Waals surface area contributed by atoms with Gasteiger partial charge in [-0.3, -0.25) is 4.79 Å². The quantitative estimate of drug-likeness (QED) is 0.637. The van der Waals surface area contributed by atoms with E-state index in [1.54, 1.807) is 4.67 Å². The Kier molecular flexibility index (Phi) is 1.97. The fraction of sp³-hybridized carbons (Fsp3) is 0.286. The molecule has 2 heterocycles. The minimum Gasteiger partial charge on any atom is -0.341 e. The van der Waals surface area contributed by atoms with Crippen LogP contribution in [-0.4, -0.2) is 21.7 Å². The van der Waals surface area contributed by atoms with Crippen molar-refractivity contribution in [2.45, 2.75) is 6.54 Å². The van der Waals surface area contributed by atoms with Crippen LogP contribution in [0.2, 0.25) is 0 Å². The van der Waals surface area contributed by atoms with Crippen molar-refractivity contribution in [2.24, 2.45) is 0 Å². The predicted octanol–water partition coefficient (Wildman–Crippen LogP) is 1.50. The molecule has 1 amide bonds.